The van der Waals surface area contributed by atoms with Gasteiger partial charge in [-0.2, -0.15) is 0 Å². The second-order valence-corrected chi connectivity index (χ2v) is 3.98. The van der Waals surface area contributed by atoms with Gasteiger partial charge in [-0.3, -0.25) is 14.9 Å². The molecule has 2 amide bonds. The molecular formula is C12H20N2O2. The molecule has 1 aliphatic heterocycles. The van der Waals surface area contributed by atoms with Crippen molar-refractivity contribution in [3.05, 3.63) is 12.2 Å². The number of allylic oxidation sites excluding steroid dienone is 2. The van der Waals surface area contributed by atoms with Gasteiger partial charge in [-0.05, 0) is 32.2 Å². The molecular weight excluding hydrogens is 204 g/mol. The van der Waals surface area contributed by atoms with Gasteiger partial charge in [0.1, 0.15) is 0 Å². The molecule has 0 spiro atoms. The van der Waals surface area contributed by atoms with Crippen molar-refractivity contribution in [1.82, 2.24) is 10.6 Å². The van der Waals surface area contributed by atoms with Crippen molar-refractivity contribution in [2.45, 2.75) is 45.1 Å². The first-order chi connectivity index (χ1) is 7.74. The Morgan fingerprint density at radius 3 is 2.94 bits per heavy atom. The Morgan fingerprint density at radius 2 is 2.25 bits per heavy atom. The lowest BCUT2D eigenvalue weighted by Gasteiger charge is -2.21. The molecule has 1 unspecified atom stereocenters. The molecule has 4 nitrogen and oxygen atoms in total. The van der Waals surface area contributed by atoms with E-state index in [1.807, 2.05) is 0 Å². The number of hydrogen-bond acceptors (Lipinski definition) is 3. The van der Waals surface area contributed by atoms with Crippen LogP contribution >= 0.6 is 0 Å². The van der Waals surface area contributed by atoms with E-state index in [2.05, 4.69) is 29.7 Å². The molecule has 0 aliphatic carbocycles. The summed E-state index contributed by atoms with van der Waals surface area (Å²) in [6, 6.07) is -0.187. The molecule has 0 bridgehead atoms. The number of hydrogen-bond donors (Lipinski definition) is 2. The van der Waals surface area contributed by atoms with Crippen LogP contribution in [0.5, 0.6) is 0 Å². The predicted octanol–water partition coefficient (Wildman–Crippen LogP) is 1.13. The van der Waals surface area contributed by atoms with Gasteiger partial charge < -0.3 is 5.32 Å². The first-order valence-corrected chi connectivity index (χ1v) is 5.96. The molecule has 0 saturated carbocycles. The van der Waals surface area contributed by atoms with Gasteiger partial charge >= 0.3 is 0 Å². The maximum absolute atomic E-state index is 11.4. The highest BCUT2D eigenvalue weighted by atomic mass is 16.2. The molecule has 4 heteroatoms. The van der Waals surface area contributed by atoms with Crippen LogP contribution in [0, 0.1) is 0 Å². The van der Waals surface area contributed by atoms with Gasteiger partial charge in [-0.1, -0.05) is 19.1 Å². The number of imide groups is 1. The van der Waals surface area contributed by atoms with Gasteiger partial charge in [0.15, 0.2) is 0 Å². The van der Waals surface area contributed by atoms with E-state index < -0.39 is 0 Å². The lowest BCUT2D eigenvalue weighted by atomic mass is 10.1. The van der Waals surface area contributed by atoms with Crippen molar-refractivity contribution in [1.29, 1.82) is 0 Å². The summed E-state index contributed by atoms with van der Waals surface area (Å²) in [4.78, 5) is 22.3. The zero-order chi connectivity index (χ0) is 11.8. The Kier molecular flexibility index (Phi) is 5.78. The summed E-state index contributed by atoms with van der Waals surface area (Å²) in [7, 11) is 0. The van der Waals surface area contributed by atoms with E-state index in [0.717, 1.165) is 25.8 Å². The van der Waals surface area contributed by atoms with Crippen LogP contribution in [-0.2, 0) is 9.59 Å². The summed E-state index contributed by atoms with van der Waals surface area (Å²) < 4.78 is 0. The van der Waals surface area contributed by atoms with Crippen LogP contribution < -0.4 is 10.6 Å². The molecule has 1 rings (SSSR count). The third kappa shape index (κ3) is 4.57. The number of nitrogens with one attached hydrogen (secondary N) is 2. The largest absolute Gasteiger partial charge is 0.306 e. The second-order valence-electron chi connectivity index (χ2n) is 3.98. The van der Waals surface area contributed by atoms with E-state index in [1.54, 1.807) is 0 Å². The molecule has 1 fully saturated rings. The fourth-order valence-electron chi connectivity index (χ4n) is 1.67. The van der Waals surface area contributed by atoms with Crippen LogP contribution in [0.15, 0.2) is 12.2 Å². The quantitative estimate of drug-likeness (QED) is 0.404. The van der Waals surface area contributed by atoms with Crippen molar-refractivity contribution in [2.24, 2.45) is 0 Å². The van der Waals surface area contributed by atoms with Crippen LogP contribution in [0.2, 0.25) is 0 Å². The van der Waals surface area contributed by atoms with E-state index in [0.29, 0.717) is 12.8 Å². The first-order valence-electron chi connectivity index (χ1n) is 5.96. The van der Waals surface area contributed by atoms with Gasteiger partial charge in [0.05, 0.1) is 6.04 Å². The predicted molar refractivity (Wildman–Crippen MR) is 62.8 cm³/mol. The molecule has 1 aliphatic rings. The lowest BCUT2D eigenvalue weighted by Crippen LogP contribution is -2.50. The smallest absolute Gasteiger partial charge is 0.243 e. The van der Waals surface area contributed by atoms with Gasteiger partial charge in [-0.15, -0.1) is 0 Å². The number of piperidine rings is 1. The van der Waals surface area contributed by atoms with E-state index in [1.165, 1.54) is 0 Å². The van der Waals surface area contributed by atoms with Crippen LogP contribution in [0.1, 0.15) is 39.0 Å². The molecule has 1 heterocycles. The maximum Gasteiger partial charge on any atom is 0.243 e. The van der Waals surface area contributed by atoms with Crippen molar-refractivity contribution in [3.8, 4) is 0 Å². The summed E-state index contributed by atoms with van der Waals surface area (Å²) in [5.41, 5.74) is 0. The zero-order valence-electron chi connectivity index (χ0n) is 9.79. The number of carbonyl (C=O) groups is 2. The monoisotopic (exact) mass is 224 g/mol. The fourth-order valence-corrected chi connectivity index (χ4v) is 1.67. The summed E-state index contributed by atoms with van der Waals surface area (Å²) in [6.45, 7) is 2.93. The zero-order valence-corrected chi connectivity index (χ0v) is 9.79. The lowest BCUT2D eigenvalue weighted by molar-refractivity contribution is -0.134. The molecule has 0 aromatic carbocycles. The second kappa shape index (κ2) is 7.17. The van der Waals surface area contributed by atoms with Crippen LogP contribution in [0.4, 0.5) is 0 Å². The summed E-state index contributed by atoms with van der Waals surface area (Å²) in [5, 5.41) is 5.51. The summed E-state index contributed by atoms with van der Waals surface area (Å²) in [5.74, 6) is -0.339. The maximum atomic E-state index is 11.4. The van der Waals surface area contributed by atoms with E-state index in [-0.39, 0.29) is 17.9 Å². The molecule has 1 atom stereocenters. The summed E-state index contributed by atoms with van der Waals surface area (Å²) in [6.07, 6.45) is 8.50. The topological polar surface area (TPSA) is 58.2 Å². The normalized spacial score (nSPS) is 21.4. The molecule has 90 valence electrons. The van der Waals surface area contributed by atoms with Crippen molar-refractivity contribution < 1.29 is 9.59 Å². The third-order valence-electron chi connectivity index (χ3n) is 2.58. The van der Waals surface area contributed by atoms with Crippen molar-refractivity contribution in [3.63, 3.8) is 0 Å². The van der Waals surface area contributed by atoms with E-state index in [9.17, 15) is 9.59 Å². The Balaban J connectivity index is 2.11. The van der Waals surface area contributed by atoms with Crippen molar-refractivity contribution >= 4 is 11.8 Å². The minimum Gasteiger partial charge on any atom is -0.306 e. The van der Waals surface area contributed by atoms with Crippen LogP contribution in [0.3, 0.4) is 0 Å². The SMILES string of the molecule is CC/C=C\CCCNC1CCC(=O)NC1=O. The highest BCUT2D eigenvalue weighted by Gasteiger charge is 2.25. The van der Waals surface area contributed by atoms with E-state index in [4.69, 9.17) is 0 Å². The van der Waals surface area contributed by atoms with Gasteiger partial charge in [-0.25, -0.2) is 0 Å². The van der Waals surface area contributed by atoms with Gasteiger partial charge in [0.25, 0.3) is 0 Å². The number of carbonyl (C=O) groups excluding carboxylic acids is 2. The van der Waals surface area contributed by atoms with Gasteiger partial charge in [0, 0.05) is 6.42 Å². The average Bonchev–Trinajstić information content (AvgIpc) is 2.26. The molecule has 0 radical (unpaired) electrons. The molecule has 0 aromatic heterocycles. The number of unbranched alkanes of at least 4 members (excludes halogenated alkanes) is 1. The fraction of sp³-hybridized carbons (Fsp3) is 0.667. The third-order valence-corrected chi connectivity index (χ3v) is 2.58. The van der Waals surface area contributed by atoms with Crippen LogP contribution in [0.25, 0.3) is 0 Å². The molecule has 1 saturated heterocycles. The average molecular weight is 224 g/mol. The summed E-state index contributed by atoms with van der Waals surface area (Å²) >= 11 is 0. The Bertz CT molecular complexity index is 274. The highest BCUT2D eigenvalue weighted by Crippen LogP contribution is 2.04. The van der Waals surface area contributed by atoms with Gasteiger partial charge in [0.2, 0.25) is 11.8 Å². The first kappa shape index (κ1) is 12.9. The highest BCUT2D eigenvalue weighted by molar-refractivity contribution is 6.00. The Labute approximate surface area is 96.5 Å². The molecule has 2 N–H and O–H groups in total. The van der Waals surface area contributed by atoms with Crippen LogP contribution in [-0.4, -0.2) is 24.4 Å². The minimum atomic E-state index is -0.187. The Hall–Kier alpha value is -1.16. The Morgan fingerprint density at radius 1 is 1.44 bits per heavy atom. The standard InChI is InChI=1S/C12H20N2O2/c1-2-3-4-5-6-9-13-10-7-8-11(15)14-12(10)16/h3-4,10,13H,2,5-9H2,1H3,(H,14,15,16)/b4-3-. The minimum absolute atomic E-state index is 0.158. The number of amides is 2. The molecule has 16 heavy (non-hydrogen) atoms. The van der Waals surface area contributed by atoms with E-state index >= 15 is 0 Å². The molecule has 0 aromatic rings. The van der Waals surface area contributed by atoms with Crippen molar-refractivity contribution in [2.75, 3.05) is 6.54 Å². The number of rotatable bonds is 6.